The van der Waals surface area contributed by atoms with Gasteiger partial charge in [-0.25, -0.2) is 26.3 Å². The van der Waals surface area contributed by atoms with E-state index in [2.05, 4.69) is 9.44 Å². The maximum absolute atomic E-state index is 12.1. The minimum Gasteiger partial charge on any atom is -0.218 e. The summed E-state index contributed by atoms with van der Waals surface area (Å²) < 4.78 is 50.9. The maximum Gasteiger partial charge on any atom is 0.240 e. The normalized spacial score (nSPS) is 12.6. The molecule has 8 heteroatoms. The highest BCUT2D eigenvalue weighted by molar-refractivity contribution is 7.90. The Morgan fingerprint density at radius 3 is 2.32 bits per heavy atom. The van der Waals surface area contributed by atoms with Crippen molar-refractivity contribution >= 4 is 20.0 Å². The van der Waals surface area contributed by atoms with Gasteiger partial charge in [0.15, 0.2) is 0 Å². The van der Waals surface area contributed by atoms with Crippen LogP contribution in [0.2, 0.25) is 0 Å². The van der Waals surface area contributed by atoms with Crippen molar-refractivity contribution in [3.63, 3.8) is 0 Å². The van der Waals surface area contributed by atoms with Gasteiger partial charge in [0.2, 0.25) is 20.0 Å². The molecule has 1 aromatic carbocycles. The minimum atomic E-state index is -3.69. The van der Waals surface area contributed by atoms with Crippen molar-refractivity contribution in [1.82, 2.24) is 9.44 Å². The van der Waals surface area contributed by atoms with Crippen LogP contribution in [0.15, 0.2) is 23.1 Å². The van der Waals surface area contributed by atoms with Crippen molar-refractivity contribution < 1.29 is 16.8 Å². The number of nitrogens with one attached hydrogen (secondary N) is 2. The van der Waals surface area contributed by atoms with E-state index >= 15 is 0 Å². The number of hydrogen-bond acceptors (Lipinski definition) is 4. The molecular formula is C11H18N2O4S2. The summed E-state index contributed by atoms with van der Waals surface area (Å²) in [4.78, 5) is 0.175. The highest BCUT2D eigenvalue weighted by Gasteiger charge is 2.17. The maximum atomic E-state index is 12.1. The second-order valence-electron chi connectivity index (χ2n) is 4.19. The average molecular weight is 306 g/mol. The molecule has 0 amide bonds. The summed E-state index contributed by atoms with van der Waals surface area (Å²) in [7, 11) is -5.82. The lowest BCUT2D eigenvalue weighted by atomic mass is 10.2. The molecule has 0 fully saturated rings. The van der Waals surface area contributed by atoms with Crippen LogP contribution in [0.3, 0.4) is 0 Å². The quantitative estimate of drug-likeness (QED) is 0.781. The summed E-state index contributed by atoms with van der Waals surface area (Å²) >= 11 is 0. The van der Waals surface area contributed by atoms with Crippen molar-refractivity contribution in [2.75, 3.05) is 19.3 Å². The van der Waals surface area contributed by atoms with Gasteiger partial charge in [-0.3, -0.25) is 0 Å². The van der Waals surface area contributed by atoms with E-state index in [1.54, 1.807) is 26.0 Å². The lowest BCUT2D eigenvalue weighted by molar-refractivity contribution is 0.578. The van der Waals surface area contributed by atoms with Crippen molar-refractivity contribution in [2.24, 2.45) is 0 Å². The molecule has 19 heavy (non-hydrogen) atoms. The number of sulfonamides is 2. The molecular weight excluding hydrogens is 288 g/mol. The van der Waals surface area contributed by atoms with Gasteiger partial charge in [-0.15, -0.1) is 0 Å². The van der Waals surface area contributed by atoms with Crippen LogP contribution < -0.4 is 9.44 Å². The van der Waals surface area contributed by atoms with E-state index in [9.17, 15) is 16.8 Å². The Kier molecular flexibility index (Phi) is 5.08. The van der Waals surface area contributed by atoms with Gasteiger partial charge in [0.25, 0.3) is 0 Å². The van der Waals surface area contributed by atoms with Crippen LogP contribution in [0.25, 0.3) is 0 Å². The fourth-order valence-electron chi connectivity index (χ4n) is 1.49. The molecule has 0 aromatic heterocycles. The smallest absolute Gasteiger partial charge is 0.218 e. The third kappa shape index (κ3) is 4.57. The van der Waals surface area contributed by atoms with Gasteiger partial charge in [0, 0.05) is 6.54 Å². The molecule has 0 heterocycles. The Labute approximate surface area is 114 Å². The first-order valence-electron chi connectivity index (χ1n) is 5.66. The van der Waals surface area contributed by atoms with Crippen molar-refractivity contribution in [2.45, 2.75) is 18.7 Å². The van der Waals surface area contributed by atoms with Gasteiger partial charge in [0.05, 0.1) is 10.6 Å². The fourth-order valence-corrected chi connectivity index (χ4v) is 3.55. The second kappa shape index (κ2) is 6.00. The standard InChI is InChI=1S/C11H18N2O4S2/c1-9-4-5-10(2)11(8-9)19(16,17)13-6-7-18(14,15)12-3/h4-5,8,12-13H,6-7H2,1-3H3. The Bertz CT molecular complexity index is 651. The molecule has 0 aliphatic carbocycles. The van der Waals surface area contributed by atoms with Gasteiger partial charge in [0.1, 0.15) is 0 Å². The summed E-state index contributed by atoms with van der Waals surface area (Å²) in [5.74, 6) is -0.298. The molecule has 0 bridgehead atoms. The van der Waals surface area contributed by atoms with Crippen LogP contribution in [-0.4, -0.2) is 36.2 Å². The Morgan fingerprint density at radius 1 is 1.11 bits per heavy atom. The van der Waals surface area contributed by atoms with E-state index in [-0.39, 0.29) is 17.2 Å². The minimum absolute atomic E-state index is 0.168. The summed E-state index contributed by atoms with van der Waals surface area (Å²) in [5.41, 5.74) is 1.45. The zero-order valence-corrected chi connectivity index (χ0v) is 12.7. The first-order chi connectivity index (χ1) is 8.68. The number of aryl methyl sites for hydroxylation is 2. The second-order valence-corrected chi connectivity index (χ2v) is 7.97. The van der Waals surface area contributed by atoms with Gasteiger partial charge in [-0.1, -0.05) is 12.1 Å². The van der Waals surface area contributed by atoms with Gasteiger partial charge >= 0.3 is 0 Å². The van der Waals surface area contributed by atoms with E-state index < -0.39 is 20.0 Å². The monoisotopic (exact) mass is 306 g/mol. The average Bonchev–Trinajstić information content (AvgIpc) is 2.31. The van der Waals surface area contributed by atoms with Gasteiger partial charge in [-0.2, -0.15) is 0 Å². The topological polar surface area (TPSA) is 92.3 Å². The third-order valence-electron chi connectivity index (χ3n) is 2.61. The van der Waals surface area contributed by atoms with Crippen LogP contribution in [0.1, 0.15) is 11.1 Å². The van der Waals surface area contributed by atoms with Crippen LogP contribution in [0, 0.1) is 13.8 Å². The van der Waals surface area contributed by atoms with Crippen molar-refractivity contribution in [1.29, 1.82) is 0 Å². The van der Waals surface area contributed by atoms with Crippen LogP contribution in [0.4, 0.5) is 0 Å². The van der Waals surface area contributed by atoms with E-state index in [0.717, 1.165) is 5.56 Å². The molecule has 0 aliphatic rings. The molecule has 0 aliphatic heterocycles. The lowest BCUT2D eigenvalue weighted by Crippen LogP contribution is -2.33. The Balaban J connectivity index is 2.85. The molecule has 0 saturated heterocycles. The van der Waals surface area contributed by atoms with Crippen LogP contribution >= 0.6 is 0 Å². The molecule has 1 rings (SSSR count). The van der Waals surface area contributed by atoms with Gasteiger partial charge in [-0.05, 0) is 38.1 Å². The summed E-state index contributed by atoms with van der Waals surface area (Å²) in [5, 5.41) is 0. The molecule has 1 aromatic rings. The lowest BCUT2D eigenvalue weighted by Gasteiger charge is -2.10. The molecule has 0 atom stereocenters. The first kappa shape index (κ1) is 16.1. The van der Waals surface area contributed by atoms with E-state index in [0.29, 0.717) is 5.56 Å². The molecule has 0 saturated carbocycles. The van der Waals surface area contributed by atoms with E-state index in [1.807, 2.05) is 6.07 Å². The third-order valence-corrected chi connectivity index (χ3v) is 5.57. The summed E-state index contributed by atoms with van der Waals surface area (Å²) in [6.45, 7) is 3.32. The first-order valence-corrected chi connectivity index (χ1v) is 8.79. The van der Waals surface area contributed by atoms with Crippen LogP contribution in [0.5, 0.6) is 0 Å². The molecule has 108 valence electrons. The van der Waals surface area contributed by atoms with Crippen LogP contribution in [-0.2, 0) is 20.0 Å². The van der Waals surface area contributed by atoms with Crippen molar-refractivity contribution in [3.05, 3.63) is 29.3 Å². The number of hydrogen-bond donors (Lipinski definition) is 2. The summed E-state index contributed by atoms with van der Waals surface area (Å²) in [6.07, 6.45) is 0. The largest absolute Gasteiger partial charge is 0.240 e. The molecule has 6 nitrogen and oxygen atoms in total. The Hall–Kier alpha value is -0.960. The number of rotatable bonds is 6. The van der Waals surface area contributed by atoms with Gasteiger partial charge < -0.3 is 0 Å². The predicted octanol–water partition coefficient (Wildman–Crippen LogP) is 0.131. The van der Waals surface area contributed by atoms with E-state index in [1.165, 1.54) is 7.05 Å². The number of benzene rings is 1. The highest BCUT2D eigenvalue weighted by atomic mass is 32.2. The summed E-state index contributed by atoms with van der Waals surface area (Å²) in [6, 6.07) is 5.10. The zero-order chi connectivity index (χ0) is 14.7. The molecule has 2 N–H and O–H groups in total. The Morgan fingerprint density at radius 2 is 1.74 bits per heavy atom. The SMILES string of the molecule is CNS(=O)(=O)CCNS(=O)(=O)c1cc(C)ccc1C. The highest BCUT2D eigenvalue weighted by Crippen LogP contribution is 2.16. The fraction of sp³-hybridized carbons (Fsp3) is 0.455. The van der Waals surface area contributed by atoms with E-state index in [4.69, 9.17) is 0 Å². The predicted molar refractivity (Wildman–Crippen MR) is 74.0 cm³/mol. The molecule has 0 unspecified atom stereocenters. The van der Waals surface area contributed by atoms with Crippen molar-refractivity contribution in [3.8, 4) is 0 Å². The molecule has 0 radical (unpaired) electrons. The zero-order valence-electron chi connectivity index (χ0n) is 11.1. The molecule has 0 spiro atoms.